The summed E-state index contributed by atoms with van der Waals surface area (Å²) in [6.07, 6.45) is 0. The number of ether oxygens (including phenoxy) is 1. The molecule has 2 rings (SSSR count). The lowest BCUT2D eigenvalue weighted by Crippen LogP contribution is -2.20. The van der Waals surface area contributed by atoms with E-state index in [0.717, 1.165) is 18.7 Å². The van der Waals surface area contributed by atoms with Gasteiger partial charge in [0.1, 0.15) is 5.75 Å². The molecule has 0 unspecified atom stereocenters. The second kappa shape index (κ2) is 7.45. The van der Waals surface area contributed by atoms with Gasteiger partial charge in [0.15, 0.2) is 6.61 Å². The lowest BCUT2D eigenvalue weighted by atomic mass is 10.1. The van der Waals surface area contributed by atoms with Crippen molar-refractivity contribution in [1.29, 1.82) is 0 Å². The SMILES string of the molecule is Cc1ccc(CNCc2ccc(OCC(N)=O)cc2)cc1. The van der Waals surface area contributed by atoms with E-state index in [2.05, 4.69) is 36.5 Å². The van der Waals surface area contributed by atoms with Crippen LogP contribution in [0.25, 0.3) is 0 Å². The third-order valence-electron chi connectivity index (χ3n) is 3.08. The van der Waals surface area contributed by atoms with Crippen molar-refractivity contribution in [3.63, 3.8) is 0 Å². The highest BCUT2D eigenvalue weighted by atomic mass is 16.5. The molecule has 0 aromatic heterocycles. The van der Waals surface area contributed by atoms with Crippen molar-refractivity contribution in [3.05, 3.63) is 65.2 Å². The quantitative estimate of drug-likeness (QED) is 0.819. The van der Waals surface area contributed by atoms with Gasteiger partial charge in [-0.1, -0.05) is 42.0 Å². The molecule has 4 nitrogen and oxygen atoms in total. The Bertz CT molecular complexity index is 577. The van der Waals surface area contributed by atoms with Gasteiger partial charge < -0.3 is 15.8 Å². The van der Waals surface area contributed by atoms with E-state index in [0.29, 0.717) is 5.75 Å². The summed E-state index contributed by atoms with van der Waals surface area (Å²) in [5.74, 6) is 0.176. The molecule has 0 saturated heterocycles. The Kier molecular flexibility index (Phi) is 5.35. The second-order valence-corrected chi connectivity index (χ2v) is 4.99. The molecule has 3 N–H and O–H groups in total. The van der Waals surface area contributed by atoms with Crippen molar-refractivity contribution in [1.82, 2.24) is 5.32 Å². The van der Waals surface area contributed by atoms with Gasteiger partial charge in [0.05, 0.1) is 0 Å². The topological polar surface area (TPSA) is 64.3 Å². The highest BCUT2D eigenvalue weighted by Crippen LogP contribution is 2.12. The number of aryl methyl sites for hydroxylation is 1. The van der Waals surface area contributed by atoms with Gasteiger partial charge in [-0.25, -0.2) is 0 Å². The van der Waals surface area contributed by atoms with E-state index >= 15 is 0 Å². The first-order valence-electron chi connectivity index (χ1n) is 6.90. The van der Waals surface area contributed by atoms with E-state index in [1.54, 1.807) is 0 Å². The monoisotopic (exact) mass is 284 g/mol. The zero-order valence-corrected chi connectivity index (χ0v) is 12.1. The number of nitrogens with two attached hydrogens (primary N) is 1. The molecule has 0 spiro atoms. The van der Waals surface area contributed by atoms with Crippen molar-refractivity contribution in [3.8, 4) is 5.75 Å². The first kappa shape index (κ1) is 15.1. The highest BCUT2D eigenvalue weighted by molar-refractivity contribution is 5.75. The number of nitrogens with one attached hydrogen (secondary N) is 1. The lowest BCUT2D eigenvalue weighted by Gasteiger charge is -2.07. The Balaban J connectivity index is 1.78. The van der Waals surface area contributed by atoms with Gasteiger partial charge in [0.25, 0.3) is 5.91 Å². The third kappa shape index (κ3) is 5.28. The maximum absolute atomic E-state index is 10.6. The molecule has 2 aromatic carbocycles. The molecule has 1 amide bonds. The molecule has 4 heteroatoms. The van der Waals surface area contributed by atoms with Gasteiger partial charge in [-0.15, -0.1) is 0 Å². The third-order valence-corrected chi connectivity index (χ3v) is 3.08. The molecule has 0 atom stereocenters. The lowest BCUT2D eigenvalue weighted by molar-refractivity contribution is -0.119. The highest BCUT2D eigenvalue weighted by Gasteiger charge is 1.99. The standard InChI is InChI=1S/C17H20N2O2/c1-13-2-4-14(5-3-13)10-19-11-15-6-8-16(9-7-15)21-12-17(18)20/h2-9,19H,10-12H2,1H3,(H2,18,20). The minimum Gasteiger partial charge on any atom is -0.484 e. The van der Waals surface area contributed by atoms with Crippen LogP contribution in [0.2, 0.25) is 0 Å². The summed E-state index contributed by atoms with van der Waals surface area (Å²) in [5.41, 5.74) is 8.72. The van der Waals surface area contributed by atoms with E-state index in [1.807, 2.05) is 24.3 Å². The van der Waals surface area contributed by atoms with Gasteiger partial charge >= 0.3 is 0 Å². The molecule has 2 aromatic rings. The van der Waals surface area contributed by atoms with Crippen LogP contribution in [0.4, 0.5) is 0 Å². The number of carbonyl (C=O) groups excluding carboxylic acids is 1. The average molecular weight is 284 g/mol. The van der Waals surface area contributed by atoms with Crippen molar-refractivity contribution in [2.45, 2.75) is 20.0 Å². The van der Waals surface area contributed by atoms with Crippen LogP contribution in [0.3, 0.4) is 0 Å². The number of rotatable bonds is 7. The number of primary amides is 1. The zero-order chi connectivity index (χ0) is 15.1. The maximum atomic E-state index is 10.6. The summed E-state index contributed by atoms with van der Waals surface area (Å²) in [7, 11) is 0. The van der Waals surface area contributed by atoms with Crippen LogP contribution in [0.5, 0.6) is 5.75 Å². The molecule has 0 saturated carbocycles. The molecule has 0 radical (unpaired) electrons. The summed E-state index contributed by atoms with van der Waals surface area (Å²) in [5, 5.41) is 3.39. The van der Waals surface area contributed by atoms with Crippen LogP contribution in [-0.4, -0.2) is 12.5 Å². The number of hydrogen-bond acceptors (Lipinski definition) is 3. The predicted molar refractivity (Wildman–Crippen MR) is 82.9 cm³/mol. The normalized spacial score (nSPS) is 10.3. The summed E-state index contributed by atoms with van der Waals surface area (Å²) in [6.45, 7) is 3.61. The first-order chi connectivity index (χ1) is 10.1. The molecule has 0 bridgehead atoms. The number of amides is 1. The Hall–Kier alpha value is -2.33. The van der Waals surface area contributed by atoms with Gasteiger partial charge in [-0.3, -0.25) is 4.79 Å². The van der Waals surface area contributed by atoms with Crippen LogP contribution < -0.4 is 15.8 Å². The summed E-state index contributed by atoms with van der Waals surface area (Å²) in [4.78, 5) is 10.6. The molecular weight excluding hydrogens is 264 g/mol. The Morgan fingerprint density at radius 2 is 1.52 bits per heavy atom. The van der Waals surface area contributed by atoms with E-state index < -0.39 is 5.91 Å². The summed E-state index contributed by atoms with van der Waals surface area (Å²) in [6, 6.07) is 16.1. The van der Waals surface area contributed by atoms with Crippen LogP contribution in [0.15, 0.2) is 48.5 Å². The molecule has 0 heterocycles. The van der Waals surface area contributed by atoms with Crippen LogP contribution in [0.1, 0.15) is 16.7 Å². The van der Waals surface area contributed by atoms with Crippen LogP contribution in [0, 0.1) is 6.92 Å². The molecule has 21 heavy (non-hydrogen) atoms. The predicted octanol–water partition coefficient (Wildman–Crippen LogP) is 2.15. The average Bonchev–Trinajstić information content (AvgIpc) is 2.48. The largest absolute Gasteiger partial charge is 0.484 e. The minimum atomic E-state index is -0.473. The van der Waals surface area contributed by atoms with Crippen LogP contribution >= 0.6 is 0 Å². The van der Waals surface area contributed by atoms with Crippen LogP contribution in [-0.2, 0) is 17.9 Å². The van der Waals surface area contributed by atoms with E-state index in [9.17, 15) is 4.79 Å². The maximum Gasteiger partial charge on any atom is 0.255 e. The smallest absolute Gasteiger partial charge is 0.255 e. The molecule has 0 aliphatic carbocycles. The fourth-order valence-corrected chi connectivity index (χ4v) is 1.92. The van der Waals surface area contributed by atoms with Gasteiger partial charge in [-0.05, 0) is 30.2 Å². The Morgan fingerprint density at radius 3 is 2.05 bits per heavy atom. The van der Waals surface area contributed by atoms with Crippen molar-refractivity contribution < 1.29 is 9.53 Å². The van der Waals surface area contributed by atoms with E-state index in [4.69, 9.17) is 10.5 Å². The Morgan fingerprint density at radius 1 is 1.00 bits per heavy atom. The van der Waals surface area contributed by atoms with Gasteiger partial charge in [-0.2, -0.15) is 0 Å². The van der Waals surface area contributed by atoms with E-state index in [1.165, 1.54) is 11.1 Å². The minimum absolute atomic E-state index is 0.0922. The van der Waals surface area contributed by atoms with Crippen molar-refractivity contribution >= 4 is 5.91 Å². The molecule has 0 fully saturated rings. The zero-order valence-electron chi connectivity index (χ0n) is 12.1. The van der Waals surface area contributed by atoms with E-state index in [-0.39, 0.29) is 6.61 Å². The number of carbonyl (C=O) groups is 1. The fourth-order valence-electron chi connectivity index (χ4n) is 1.92. The molecule has 0 aliphatic heterocycles. The summed E-state index contributed by atoms with van der Waals surface area (Å²) >= 11 is 0. The first-order valence-corrected chi connectivity index (χ1v) is 6.90. The summed E-state index contributed by atoms with van der Waals surface area (Å²) < 4.78 is 5.21. The fraction of sp³-hybridized carbons (Fsp3) is 0.235. The van der Waals surface area contributed by atoms with Crippen molar-refractivity contribution in [2.24, 2.45) is 5.73 Å². The van der Waals surface area contributed by atoms with Gasteiger partial charge in [0.2, 0.25) is 0 Å². The van der Waals surface area contributed by atoms with Gasteiger partial charge in [0, 0.05) is 13.1 Å². The molecular formula is C17H20N2O2. The second-order valence-electron chi connectivity index (χ2n) is 4.99. The Labute approximate surface area is 124 Å². The van der Waals surface area contributed by atoms with Crippen molar-refractivity contribution in [2.75, 3.05) is 6.61 Å². The number of hydrogen-bond donors (Lipinski definition) is 2. The molecule has 110 valence electrons. The number of benzene rings is 2. The molecule has 0 aliphatic rings.